The maximum absolute atomic E-state index is 12.7. The number of amides is 1. The number of hydrogen-bond donors (Lipinski definition) is 2. The topological polar surface area (TPSA) is 90.8 Å². The molecule has 0 spiro atoms. The number of rotatable bonds is 7. The van der Waals surface area contributed by atoms with Crippen LogP contribution in [0.5, 0.6) is 11.5 Å². The fraction of sp³-hybridized carbons (Fsp3) is 0.278. The van der Waals surface area contributed by atoms with Gasteiger partial charge >= 0.3 is 0 Å². The first-order chi connectivity index (χ1) is 12.2. The number of nitrogens with zero attached hydrogens (tertiary/aromatic N) is 1. The summed E-state index contributed by atoms with van der Waals surface area (Å²) in [7, 11) is 0. The quantitative estimate of drug-likeness (QED) is 0.584. The molecular weight excluding hydrogens is 338 g/mol. The molecule has 0 saturated heterocycles. The lowest BCUT2D eigenvalue weighted by molar-refractivity contribution is -0.128. The standard InChI is InChI=1S/C18H21N3O3S/c19-8-7-17(20)21(11-14-2-1-9-25-14)18(22)6-4-13-3-5-15-16(10-13)24-12-23-15/h1-6,9-10,17H,7-8,11-12,19-20H2/b6-4+. The van der Waals surface area contributed by atoms with Crippen LogP contribution >= 0.6 is 11.3 Å². The molecule has 2 aromatic rings. The summed E-state index contributed by atoms with van der Waals surface area (Å²) >= 11 is 1.60. The maximum atomic E-state index is 12.7. The van der Waals surface area contributed by atoms with Crippen LogP contribution in [0.15, 0.2) is 41.8 Å². The second-order valence-electron chi connectivity index (χ2n) is 5.64. The van der Waals surface area contributed by atoms with Crippen LogP contribution in [-0.4, -0.2) is 30.3 Å². The van der Waals surface area contributed by atoms with Crippen molar-refractivity contribution < 1.29 is 14.3 Å². The Balaban J connectivity index is 1.72. The molecule has 1 aromatic heterocycles. The molecule has 3 rings (SSSR count). The van der Waals surface area contributed by atoms with E-state index in [2.05, 4.69) is 0 Å². The lowest BCUT2D eigenvalue weighted by Crippen LogP contribution is -2.45. The fourth-order valence-electron chi connectivity index (χ4n) is 2.54. The van der Waals surface area contributed by atoms with Gasteiger partial charge in [-0.05, 0) is 48.2 Å². The van der Waals surface area contributed by atoms with Gasteiger partial charge in [0.15, 0.2) is 11.5 Å². The monoisotopic (exact) mass is 359 g/mol. The molecule has 132 valence electrons. The van der Waals surface area contributed by atoms with Gasteiger partial charge in [-0.2, -0.15) is 0 Å². The van der Waals surface area contributed by atoms with Crippen molar-refractivity contribution in [2.45, 2.75) is 19.1 Å². The summed E-state index contributed by atoms with van der Waals surface area (Å²) in [4.78, 5) is 15.4. The minimum atomic E-state index is -0.416. The third-order valence-corrected chi connectivity index (χ3v) is 4.73. The Labute approximate surface area is 150 Å². The molecule has 1 aliphatic rings. The largest absolute Gasteiger partial charge is 0.454 e. The van der Waals surface area contributed by atoms with E-state index in [4.69, 9.17) is 20.9 Å². The van der Waals surface area contributed by atoms with Crippen molar-refractivity contribution in [3.63, 3.8) is 0 Å². The van der Waals surface area contributed by atoms with Crippen LogP contribution in [-0.2, 0) is 11.3 Å². The van der Waals surface area contributed by atoms with Gasteiger partial charge in [0.2, 0.25) is 12.7 Å². The molecule has 25 heavy (non-hydrogen) atoms. The Bertz CT molecular complexity index is 746. The molecule has 0 bridgehead atoms. The summed E-state index contributed by atoms with van der Waals surface area (Å²) in [5, 5.41) is 1.98. The smallest absolute Gasteiger partial charge is 0.248 e. The molecular formula is C18H21N3O3S. The molecule has 1 amide bonds. The van der Waals surface area contributed by atoms with Crippen LogP contribution < -0.4 is 20.9 Å². The fourth-order valence-corrected chi connectivity index (χ4v) is 3.24. The SMILES string of the molecule is NCCC(N)N(Cc1cccs1)C(=O)/C=C/c1ccc2c(c1)OCO2. The number of nitrogens with two attached hydrogens (primary N) is 2. The van der Waals surface area contributed by atoms with Crippen LogP contribution in [0.3, 0.4) is 0 Å². The van der Waals surface area contributed by atoms with E-state index in [1.807, 2.05) is 35.7 Å². The van der Waals surface area contributed by atoms with Gasteiger partial charge in [-0.25, -0.2) is 0 Å². The Hall–Kier alpha value is -2.35. The highest BCUT2D eigenvalue weighted by atomic mass is 32.1. The van der Waals surface area contributed by atoms with E-state index in [-0.39, 0.29) is 12.7 Å². The predicted molar refractivity (Wildman–Crippen MR) is 98.1 cm³/mol. The van der Waals surface area contributed by atoms with Gasteiger partial charge in [-0.1, -0.05) is 12.1 Å². The predicted octanol–water partition coefficient (Wildman–Crippen LogP) is 2.15. The lowest BCUT2D eigenvalue weighted by Gasteiger charge is -2.27. The molecule has 1 aliphatic heterocycles. The van der Waals surface area contributed by atoms with E-state index in [1.165, 1.54) is 6.08 Å². The van der Waals surface area contributed by atoms with E-state index in [0.717, 1.165) is 10.4 Å². The van der Waals surface area contributed by atoms with E-state index >= 15 is 0 Å². The van der Waals surface area contributed by atoms with Crippen molar-refractivity contribution in [2.24, 2.45) is 11.5 Å². The van der Waals surface area contributed by atoms with Crippen molar-refractivity contribution in [3.8, 4) is 11.5 Å². The Morgan fingerprint density at radius 2 is 2.16 bits per heavy atom. The summed E-state index contributed by atoms with van der Waals surface area (Å²) in [5.41, 5.74) is 12.6. The highest BCUT2D eigenvalue weighted by molar-refractivity contribution is 7.09. The molecule has 2 heterocycles. The van der Waals surface area contributed by atoms with E-state index in [0.29, 0.717) is 31.0 Å². The first kappa shape index (κ1) is 17.5. The lowest BCUT2D eigenvalue weighted by atomic mass is 10.2. The third-order valence-electron chi connectivity index (χ3n) is 3.87. The first-order valence-corrected chi connectivity index (χ1v) is 8.91. The van der Waals surface area contributed by atoms with Gasteiger partial charge in [0.25, 0.3) is 0 Å². The number of carbonyl (C=O) groups excluding carboxylic acids is 1. The molecule has 4 N–H and O–H groups in total. The zero-order chi connectivity index (χ0) is 17.6. The highest BCUT2D eigenvalue weighted by Crippen LogP contribution is 2.32. The van der Waals surface area contributed by atoms with Gasteiger partial charge in [0.1, 0.15) is 0 Å². The number of carbonyl (C=O) groups is 1. The van der Waals surface area contributed by atoms with Crippen molar-refractivity contribution in [2.75, 3.05) is 13.3 Å². The molecule has 0 fully saturated rings. The third kappa shape index (κ3) is 4.39. The van der Waals surface area contributed by atoms with E-state index < -0.39 is 6.17 Å². The summed E-state index contributed by atoms with van der Waals surface area (Å²) in [6, 6.07) is 9.49. The normalized spacial score (nSPS) is 14.0. The number of hydrogen-bond acceptors (Lipinski definition) is 6. The molecule has 1 atom stereocenters. The van der Waals surface area contributed by atoms with Crippen molar-refractivity contribution in [1.29, 1.82) is 0 Å². The Morgan fingerprint density at radius 1 is 1.32 bits per heavy atom. The van der Waals surface area contributed by atoms with Crippen LogP contribution in [0.2, 0.25) is 0 Å². The van der Waals surface area contributed by atoms with Gasteiger partial charge in [-0.3, -0.25) is 4.79 Å². The summed E-state index contributed by atoms with van der Waals surface area (Å²) < 4.78 is 10.6. The molecule has 6 nitrogen and oxygen atoms in total. The zero-order valence-corrected chi connectivity index (χ0v) is 14.6. The zero-order valence-electron chi connectivity index (χ0n) is 13.8. The summed E-state index contributed by atoms with van der Waals surface area (Å²) in [5.74, 6) is 1.25. The minimum Gasteiger partial charge on any atom is -0.454 e. The summed E-state index contributed by atoms with van der Waals surface area (Å²) in [6.45, 7) is 1.13. The molecule has 7 heteroatoms. The molecule has 1 unspecified atom stereocenters. The average Bonchev–Trinajstić information content (AvgIpc) is 3.28. The molecule has 0 saturated carbocycles. The van der Waals surface area contributed by atoms with Gasteiger partial charge in [0, 0.05) is 11.0 Å². The average molecular weight is 359 g/mol. The summed E-state index contributed by atoms with van der Waals surface area (Å²) in [6.07, 6.45) is 3.41. The van der Waals surface area contributed by atoms with Crippen molar-refractivity contribution in [3.05, 3.63) is 52.2 Å². The van der Waals surface area contributed by atoms with E-state index in [9.17, 15) is 4.79 Å². The molecule has 1 aromatic carbocycles. The van der Waals surface area contributed by atoms with Gasteiger partial charge < -0.3 is 25.8 Å². The first-order valence-electron chi connectivity index (χ1n) is 8.04. The number of benzene rings is 1. The van der Waals surface area contributed by atoms with Crippen LogP contribution in [0.4, 0.5) is 0 Å². The van der Waals surface area contributed by atoms with Crippen molar-refractivity contribution >= 4 is 23.3 Å². The Morgan fingerprint density at radius 3 is 2.92 bits per heavy atom. The number of ether oxygens (including phenoxy) is 2. The number of thiophene rings is 1. The minimum absolute atomic E-state index is 0.146. The number of fused-ring (bicyclic) bond motifs is 1. The Kier molecular flexibility index (Phi) is 5.70. The van der Waals surface area contributed by atoms with Crippen molar-refractivity contribution in [1.82, 2.24) is 4.90 Å². The second-order valence-corrected chi connectivity index (χ2v) is 6.67. The maximum Gasteiger partial charge on any atom is 0.248 e. The van der Waals surface area contributed by atoms with Crippen LogP contribution in [0.25, 0.3) is 6.08 Å². The van der Waals surface area contributed by atoms with Gasteiger partial charge in [0.05, 0.1) is 12.7 Å². The van der Waals surface area contributed by atoms with Crippen LogP contribution in [0.1, 0.15) is 16.9 Å². The second kappa shape index (κ2) is 8.15. The van der Waals surface area contributed by atoms with Gasteiger partial charge in [-0.15, -0.1) is 11.3 Å². The molecule has 0 aliphatic carbocycles. The van der Waals surface area contributed by atoms with Crippen LogP contribution in [0, 0.1) is 0 Å². The highest BCUT2D eigenvalue weighted by Gasteiger charge is 2.19. The van der Waals surface area contributed by atoms with E-state index in [1.54, 1.807) is 22.3 Å². The molecule has 0 radical (unpaired) electrons.